The monoisotopic (exact) mass is 267 g/mol. The summed E-state index contributed by atoms with van der Waals surface area (Å²) in [6.07, 6.45) is 0. The van der Waals surface area contributed by atoms with Crippen molar-refractivity contribution in [2.24, 2.45) is 5.73 Å². The summed E-state index contributed by atoms with van der Waals surface area (Å²) in [6, 6.07) is 5.99. The molecule has 4 nitrogen and oxygen atoms in total. The van der Waals surface area contributed by atoms with Crippen molar-refractivity contribution in [2.75, 3.05) is 6.54 Å². The van der Waals surface area contributed by atoms with Crippen molar-refractivity contribution in [2.45, 2.75) is 17.9 Å². The van der Waals surface area contributed by atoms with Gasteiger partial charge in [-0.2, -0.15) is 4.98 Å². The van der Waals surface area contributed by atoms with Crippen molar-refractivity contribution in [3.8, 4) is 11.4 Å². The molecule has 96 valence electrons. The van der Waals surface area contributed by atoms with Crippen LogP contribution in [0.4, 0.5) is 4.39 Å². The Hall–Kier alpha value is -1.40. The Labute approximate surface area is 109 Å². The first kappa shape index (κ1) is 13.0. The number of benzene rings is 1. The number of aromatic nitrogens is 2. The van der Waals surface area contributed by atoms with E-state index in [1.807, 2.05) is 6.92 Å². The van der Waals surface area contributed by atoms with Crippen molar-refractivity contribution in [3.05, 3.63) is 36.0 Å². The third-order valence-electron chi connectivity index (χ3n) is 2.39. The van der Waals surface area contributed by atoms with Crippen LogP contribution < -0.4 is 5.73 Å². The van der Waals surface area contributed by atoms with Gasteiger partial charge in [0.1, 0.15) is 5.82 Å². The molecule has 0 amide bonds. The molecular formula is C12H14FN3OS. The number of hydrogen-bond donors (Lipinski definition) is 1. The van der Waals surface area contributed by atoms with E-state index in [1.54, 1.807) is 23.9 Å². The van der Waals surface area contributed by atoms with Gasteiger partial charge in [-0.1, -0.05) is 12.1 Å². The minimum atomic E-state index is -0.283. The topological polar surface area (TPSA) is 64.9 Å². The van der Waals surface area contributed by atoms with Crippen LogP contribution in [-0.4, -0.2) is 21.9 Å². The summed E-state index contributed by atoms with van der Waals surface area (Å²) in [5, 5.41) is 4.22. The summed E-state index contributed by atoms with van der Waals surface area (Å²) >= 11 is 1.66. The van der Waals surface area contributed by atoms with Gasteiger partial charge < -0.3 is 10.3 Å². The molecule has 1 heterocycles. The van der Waals surface area contributed by atoms with Gasteiger partial charge in [0.25, 0.3) is 0 Å². The molecule has 0 spiro atoms. The fourth-order valence-corrected chi connectivity index (χ4v) is 1.99. The van der Waals surface area contributed by atoms with Crippen LogP contribution in [0.15, 0.2) is 28.8 Å². The summed E-state index contributed by atoms with van der Waals surface area (Å²) in [7, 11) is 0. The zero-order chi connectivity index (χ0) is 13.0. The molecule has 0 fully saturated rings. The van der Waals surface area contributed by atoms with E-state index in [2.05, 4.69) is 10.1 Å². The smallest absolute Gasteiger partial charge is 0.236 e. The van der Waals surface area contributed by atoms with E-state index >= 15 is 0 Å². The van der Waals surface area contributed by atoms with Crippen LogP contribution in [0.5, 0.6) is 0 Å². The van der Waals surface area contributed by atoms with E-state index in [1.165, 1.54) is 12.1 Å². The van der Waals surface area contributed by atoms with Crippen LogP contribution in [-0.2, 0) is 5.75 Å². The molecule has 1 aromatic carbocycles. The van der Waals surface area contributed by atoms with Crippen molar-refractivity contribution in [1.82, 2.24) is 10.1 Å². The first-order valence-electron chi connectivity index (χ1n) is 5.59. The second-order valence-electron chi connectivity index (χ2n) is 3.88. The molecule has 6 heteroatoms. The molecule has 0 radical (unpaired) electrons. The number of hydrogen-bond acceptors (Lipinski definition) is 5. The third kappa shape index (κ3) is 3.30. The van der Waals surface area contributed by atoms with Crippen LogP contribution in [0.3, 0.4) is 0 Å². The Morgan fingerprint density at radius 3 is 2.78 bits per heavy atom. The van der Waals surface area contributed by atoms with Gasteiger partial charge in [-0.3, -0.25) is 0 Å². The highest BCUT2D eigenvalue weighted by Crippen LogP contribution is 2.20. The van der Waals surface area contributed by atoms with Gasteiger partial charge in [0.2, 0.25) is 11.7 Å². The molecule has 0 aliphatic carbocycles. The molecule has 1 aromatic heterocycles. The average Bonchev–Trinajstić information content (AvgIpc) is 2.85. The van der Waals surface area contributed by atoms with Crippen LogP contribution in [0.2, 0.25) is 0 Å². The summed E-state index contributed by atoms with van der Waals surface area (Å²) in [5.41, 5.74) is 6.26. The molecule has 18 heavy (non-hydrogen) atoms. The van der Waals surface area contributed by atoms with Crippen molar-refractivity contribution in [3.63, 3.8) is 0 Å². The van der Waals surface area contributed by atoms with Gasteiger partial charge in [-0.25, -0.2) is 4.39 Å². The van der Waals surface area contributed by atoms with Crippen molar-refractivity contribution >= 4 is 11.8 Å². The molecule has 1 unspecified atom stereocenters. The molecule has 0 saturated heterocycles. The van der Waals surface area contributed by atoms with E-state index in [4.69, 9.17) is 10.3 Å². The predicted molar refractivity (Wildman–Crippen MR) is 69.5 cm³/mol. The van der Waals surface area contributed by atoms with Gasteiger partial charge in [0.15, 0.2) is 0 Å². The van der Waals surface area contributed by atoms with Crippen LogP contribution in [0.1, 0.15) is 12.8 Å². The highest BCUT2D eigenvalue weighted by Gasteiger charge is 2.10. The quantitative estimate of drug-likeness (QED) is 0.901. The fourth-order valence-electron chi connectivity index (χ4n) is 1.31. The van der Waals surface area contributed by atoms with Gasteiger partial charge in [0, 0.05) is 17.4 Å². The lowest BCUT2D eigenvalue weighted by Crippen LogP contribution is -2.12. The second kappa shape index (κ2) is 5.97. The lowest BCUT2D eigenvalue weighted by atomic mass is 10.2. The van der Waals surface area contributed by atoms with Gasteiger partial charge in [0.05, 0.1) is 5.75 Å². The summed E-state index contributed by atoms with van der Waals surface area (Å²) in [5.74, 6) is 1.38. The Kier molecular flexibility index (Phi) is 4.33. The molecular weight excluding hydrogens is 253 g/mol. The molecule has 0 aliphatic heterocycles. The number of halogens is 1. The van der Waals surface area contributed by atoms with Gasteiger partial charge in [-0.05, 0) is 24.3 Å². The largest absolute Gasteiger partial charge is 0.338 e. The maximum absolute atomic E-state index is 12.8. The lowest BCUT2D eigenvalue weighted by molar-refractivity contribution is 0.391. The minimum Gasteiger partial charge on any atom is -0.338 e. The number of nitrogens with two attached hydrogens (primary N) is 1. The van der Waals surface area contributed by atoms with E-state index in [0.29, 0.717) is 29.3 Å². The average molecular weight is 267 g/mol. The van der Waals surface area contributed by atoms with E-state index in [-0.39, 0.29) is 5.82 Å². The van der Waals surface area contributed by atoms with Gasteiger partial charge in [-0.15, -0.1) is 11.8 Å². The molecule has 2 N–H and O–H groups in total. The van der Waals surface area contributed by atoms with E-state index in [9.17, 15) is 4.39 Å². The maximum Gasteiger partial charge on any atom is 0.236 e. The van der Waals surface area contributed by atoms with E-state index in [0.717, 1.165) is 5.56 Å². The number of nitrogens with zero attached hydrogens (tertiary/aromatic N) is 2. The molecule has 1 atom stereocenters. The maximum atomic E-state index is 12.8. The van der Waals surface area contributed by atoms with Crippen LogP contribution in [0, 0.1) is 5.82 Å². The highest BCUT2D eigenvalue weighted by atomic mass is 32.2. The second-order valence-corrected chi connectivity index (χ2v) is 5.30. The van der Waals surface area contributed by atoms with Crippen LogP contribution >= 0.6 is 11.8 Å². The SMILES string of the molecule is CC(CN)SCc1nc(-c2ccc(F)cc2)no1. The van der Waals surface area contributed by atoms with Crippen molar-refractivity contribution < 1.29 is 8.91 Å². The Morgan fingerprint density at radius 1 is 1.39 bits per heavy atom. The molecule has 0 bridgehead atoms. The Bertz CT molecular complexity index is 500. The molecule has 2 rings (SSSR count). The van der Waals surface area contributed by atoms with E-state index < -0.39 is 0 Å². The first-order valence-corrected chi connectivity index (χ1v) is 6.64. The lowest BCUT2D eigenvalue weighted by Gasteiger charge is -2.03. The normalized spacial score (nSPS) is 12.6. The van der Waals surface area contributed by atoms with Crippen LogP contribution in [0.25, 0.3) is 11.4 Å². The number of thioether (sulfide) groups is 1. The highest BCUT2D eigenvalue weighted by molar-refractivity contribution is 7.99. The fraction of sp³-hybridized carbons (Fsp3) is 0.333. The summed E-state index contributed by atoms with van der Waals surface area (Å²) in [4.78, 5) is 4.25. The third-order valence-corrected chi connectivity index (χ3v) is 3.57. The Balaban J connectivity index is 2.03. The zero-order valence-corrected chi connectivity index (χ0v) is 10.8. The van der Waals surface area contributed by atoms with Crippen molar-refractivity contribution in [1.29, 1.82) is 0 Å². The summed E-state index contributed by atoms with van der Waals surface area (Å²) in [6.45, 7) is 2.66. The zero-order valence-electron chi connectivity index (χ0n) is 9.97. The summed E-state index contributed by atoms with van der Waals surface area (Å²) < 4.78 is 17.9. The molecule has 2 aromatic rings. The first-order chi connectivity index (χ1) is 8.69. The minimum absolute atomic E-state index is 0.283. The standard InChI is InChI=1S/C12H14FN3OS/c1-8(6-14)18-7-11-15-12(16-17-11)9-2-4-10(13)5-3-9/h2-5,8H,6-7,14H2,1H3. The number of rotatable bonds is 5. The molecule has 0 aliphatic rings. The molecule has 0 saturated carbocycles. The predicted octanol–water partition coefficient (Wildman–Crippen LogP) is 2.46. The van der Waals surface area contributed by atoms with Gasteiger partial charge >= 0.3 is 0 Å². The Morgan fingerprint density at radius 2 is 2.11 bits per heavy atom.